The Kier molecular flexibility index (Phi) is 3.96. The lowest BCUT2D eigenvalue weighted by molar-refractivity contribution is 0.0588. The van der Waals surface area contributed by atoms with E-state index in [1.165, 1.54) is 12.1 Å². The second-order valence-corrected chi connectivity index (χ2v) is 4.50. The predicted octanol–water partition coefficient (Wildman–Crippen LogP) is 2.03. The van der Waals surface area contributed by atoms with Crippen LogP contribution in [0.2, 0.25) is 10.0 Å². The van der Waals surface area contributed by atoms with Gasteiger partial charge in [0.2, 0.25) is 5.69 Å². The number of carbonyl (C=O) groups excluding carboxylic acids is 1. The molecule has 0 amide bonds. The maximum atomic E-state index is 11.9. The lowest BCUT2D eigenvalue weighted by Gasteiger charge is -2.10. The molecule has 1 N–H and O–H groups in total. The molecular formula is C12H8Cl2N2O4. The van der Waals surface area contributed by atoms with Crippen molar-refractivity contribution in [1.29, 1.82) is 0 Å². The zero-order chi connectivity index (χ0) is 14.9. The van der Waals surface area contributed by atoms with Crippen molar-refractivity contribution in [3.63, 3.8) is 0 Å². The number of esters is 1. The van der Waals surface area contributed by atoms with Gasteiger partial charge in [-0.2, -0.15) is 9.78 Å². The Labute approximate surface area is 123 Å². The fourth-order valence-corrected chi connectivity index (χ4v) is 2.10. The van der Waals surface area contributed by atoms with Gasteiger partial charge in [-0.3, -0.25) is 4.79 Å². The van der Waals surface area contributed by atoms with Crippen LogP contribution in [-0.4, -0.2) is 28.0 Å². The maximum absolute atomic E-state index is 11.9. The number of halogens is 2. The van der Waals surface area contributed by atoms with Crippen LogP contribution in [0.15, 0.2) is 29.1 Å². The number of aromatic nitrogens is 2. The van der Waals surface area contributed by atoms with Crippen LogP contribution >= 0.6 is 23.2 Å². The van der Waals surface area contributed by atoms with Gasteiger partial charge in [-0.25, -0.2) is 4.79 Å². The minimum Gasteiger partial charge on any atom is -0.505 e. The molecule has 2 aromatic rings. The van der Waals surface area contributed by atoms with Crippen molar-refractivity contribution in [2.75, 3.05) is 7.11 Å². The molecule has 0 spiro atoms. The molecule has 0 saturated heterocycles. The van der Waals surface area contributed by atoms with Crippen molar-refractivity contribution in [3.05, 3.63) is 50.4 Å². The summed E-state index contributed by atoms with van der Waals surface area (Å²) in [7, 11) is 1.13. The Morgan fingerprint density at radius 3 is 2.50 bits per heavy atom. The van der Waals surface area contributed by atoms with E-state index in [0.717, 1.165) is 17.9 Å². The number of hydrogen-bond donors (Lipinski definition) is 1. The van der Waals surface area contributed by atoms with E-state index in [-0.39, 0.29) is 15.7 Å². The van der Waals surface area contributed by atoms with Crippen LogP contribution in [0.3, 0.4) is 0 Å². The maximum Gasteiger partial charge on any atom is 0.362 e. The third-order valence-electron chi connectivity index (χ3n) is 2.44. The van der Waals surface area contributed by atoms with Gasteiger partial charge in [0.25, 0.3) is 5.56 Å². The van der Waals surface area contributed by atoms with Gasteiger partial charge in [0.15, 0.2) is 5.75 Å². The van der Waals surface area contributed by atoms with Gasteiger partial charge in [-0.15, -0.1) is 0 Å². The SMILES string of the molecule is COC(=O)c1nn(-c2c(Cl)cccc2Cl)c(=O)cc1O. The molecule has 1 aromatic heterocycles. The average molecular weight is 315 g/mol. The summed E-state index contributed by atoms with van der Waals surface area (Å²) in [4.78, 5) is 23.4. The smallest absolute Gasteiger partial charge is 0.362 e. The van der Waals surface area contributed by atoms with Gasteiger partial charge < -0.3 is 9.84 Å². The van der Waals surface area contributed by atoms with Crippen LogP contribution in [0, 0.1) is 0 Å². The number of carbonyl (C=O) groups is 1. The largest absolute Gasteiger partial charge is 0.505 e. The molecule has 0 atom stereocenters. The molecule has 0 aliphatic rings. The Bertz CT molecular complexity index is 722. The molecule has 0 aliphatic carbocycles. The van der Waals surface area contributed by atoms with Crippen molar-refractivity contribution in [1.82, 2.24) is 9.78 Å². The van der Waals surface area contributed by atoms with E-state index in [4.69, 9.17) is 23.2 Å². The normalized spacial score (nSPS) is 10.3. The zero-order valence-electron chi connectivity index (χ0n) is 10.1. The summed E-state index contributed by atoms with van der Waals surface area (Å²) in [6, 6.07) is 5.46. The number of methoxy groups -OCH3 is 1. The Morgan fingerprint density at radius 1 is 1.35 bits per heavy atom. The van der Waals surface area contributed by atoms with Crippen LogP contribution in [0.25, 0.3) is 5.69 Å². The molecule has 0 bridgehead atoms. The summed E-state index contributed by atoms with van der Waals surface area (Å²) in [5, 5.41) is 13.7. The monoisotopic (exact) mass is 314 g/mol. The van der Waals surface area contributed by atoms with Crippen LogP contribution in [-0.2, 0) is 4.74 Å². The van der Waals surface area contributed by atoms with Gasteiger partial charge in [0.1, 0.15) is 5.69 Å². The highest BCUT2D eigenvalue weighted by Crippen LogP contribution is 2.27. The summed E-state index contributed by atoms with van der Waals surface area (Å²) in [5.41, 5.74) is -0.987. The molecule has 0 unspecified atom stereocenters. The van der Waals surface area contributed by atoms with E-state index >= 15 is 0 Å². The number of ether oxygens (including phenoxy) is 1. The Hall–Kier alpha value is -2.05. The standard InChI is InChI=1S/C12H8Cl2N2O4/c1-20-12(19)10-8(17)5-9(18)16(15-10)11-6(13)3-2-4-7(11)14/h2-5,17H,1H3. The van der Waals surface area contributed by atoms with Crippen LogP contribution < -0.4 is 5.56 Å². The first-order chi connectivity index (χ1) is 9.45. The quantitative estimate of drug-likeness (QED) is 0.858. The summed E-state index contributed by atoms with van der Waals surface area (Å²) in [6.45, 7) is 0. The highest BCUT2D eigenvalue weighted by molar-refractivity contribution is 6.37. The van der Waals surface area contributed by atoms with Gasteiger partial charge in [0.05, 0.1) is 17.2 Å². The van der Waals surface area contributed by atoms with Crippen molar-refractivity contribution >= 4 is 29.2 Å². The van der Waals surface area contributed by atoms with E-state index in [0.29, 0.717) is 0 Å². The van der Waals surface area contributed by atoms with Crippen LogP contribution in [0.1, 0.15) is 10.5 Å². The van der Waals surface area contributed by atoms with Crippen molar-refractivity contribution in [2.45, 2.75) is 0 Å². The van der Waals surface area contributed by atoms with Crippen molar-refractivity contribution in [2.24, 2.45) is 0 Å². The zero-order valence-corrected chi connectivity index (χ0v) is 11.6. The fraction of sp³-hybridized carbons (Fsp3) is 0.0833. The summed E-state index contributed by atoms with van der Waals surface area (Å²) in [5.74, 6) is -1.47. The third-order valence-corrected chi connectivity index (χ3v) is 3.05. The molecule has 0 saturated carbocycles. The van der Waals surface area contributed by atoms with Crippen molar-refractivity contribution in [3.8, 4) is 11.4 Å². The van der Waals surface area contributed by atoms with Crippen LogP contribution in [0.5, 0.6) is 5.75 Å². The molecule has 2 rings (SSSR count). The minimum absolute atomic E-state index is 0.117. The molecule has 104 valence electrons. The first-order valence-corrected chi connectivity index (χ1v) is 6.07. The number of hydrogen-bond acceptors (Lipinski definition) is 5. The number of aromatic hydroxyl groups is 1. The molecule has 8 heteroatoms. The molecule has 1 heterocycles. The lowest BCUT2D eigenvalue weighted by atomic mass is 10.3. The van der Waals surface area contributed by atoms with Crippen LogP contribution in [0.4, 0.5) is 0 Å². The number of nitrogens with zero attached hydrogens (tertiary/aromatic N) is 2. The summed E-state index contributed by atoms with van der Waals surface area (Å²) in [6.07, 6.45) is 0. The lowest BCUT2D eigenvalue weighted by Crippen LogP contribution is -2.24. The summed E-state index contributed by atoms with van der Waals surface area (Å²) >= 11 is 12.0. The number of rotatable bonds is 2. The Morgan fingerprint density at radius 2 is 1.95 bits per heavy atom. The second-order valence-electron chi connectivity index (χ2n) is 3.69. The third kappa shape index (κ3) is 2.48. The fourth-order valence-electron chi connectivity index (χ4n) is 1.54. The molecule has 0 radical (unpaired) electrons. The second kappa shape index (κ2) is 5.52. The van der Waals surface area contributed by atoms with Gasteiger partial charge in [-0.05, 0) is 12.1 Å². The topological polar surface area (TPSA) is 81.4 Å². The molecule has 0 fully saturated rings. The average Bonchev–Trinajstić information content (AvgIpc) is 2.40. The summed E-state index contributed by atoms with van der Waals surface area (Å²) < 4.78 is 5.30. The highest BCUT2D eigenvalue weighted by Gasteiger charge is 2.19. The van der Waals surface area contributed by atoms with Gasteiger partial charge in [0, 0.05) is 6.07 Å². The van der Waals surface area contributed by atoms with E-state index in [1.807, 2.05) is 0 Å². The molecular weight excluding hydrogens is 307 g/mol. The predicted molar refractivity (Wildman–Crippen MR) is 72.9 cm³/mol. The van der Waals surface area contributed by atoms with E-state index in [1.54, 1.807) is 6.07 Å². The Balaban J connectivity index is 2.75. The van der Waals surface area contributed by atoms with E-state index in [9.17, 15) is 14.7 Å². The molecule has 20 heavy (non-hydrogen) atoms. The molecule has 1 aromatic carbocycles. The number of benzene rings is 1. The first-order valence-electron chi connectivity index (χ1n) is 5.31. The minimum atomic E-state index is -0.889. The number of para-hydroxylation sites is 1. The molecule has 0 aliphatic heterocycles. The van der Waals surface area contributed by atoms with Gasteiger partial charge in [-0.1, -0.05) is 29.3 Å². The first kappa shape index (κ1) is 14.4. The highest BCUT2D eigenvalue weighted by atomic mass is 35.5. The van der Waals surface area contributed by atoms with E-state index in [2.05, 4.69) is 9.84 Å². The van der Waals surface area contributed by atoms with E-state index < -0.39 is 23.0 Å². The van der Waals surface area contributed by atoms with Gasteiger partial charge >= 0.3 is 5.97 Å². The molecule has 6 nitrogen and oxygen atoms in total. The van der Waals surface area contributed by atoms with Crippen molar-refractivity contribution < 1.29 is 14.6 Å².